The van der Waals surface area contributed by atoms with Gasteiger partial charge < -0.3 is 15.5 Å². The zero-order valence-corrected chi connectivity index (χ0v) is 12.6. The van der Waals surface area contributed by atoms with Crippen molar-refractivity contribution in [3.05, 3.63) is 0 Å². The molecular formula is C14H27N3O2. The van der Waals surface area contributed by atoms with Gasteiger partial charge in [0.1, 0.15) is 6.04 Å². The first kappa shape index (κ1) is 16.0. The predicted octanol–water partition coefficient (Wildman–Crippen LogP) is 0.892. The summed E-state index contributed by atoms with van der Waals surface area (Å²) in [7, 11) is 0. The normalized spacial score (nSPS) is 18.0. The highest BCUT2D eigenvalue weighted by Crippen LogP contribution is 2.09. The van der Waals surface area contributed by atoms with Crippen molar-refractivity contribution in [1.82, 2.24) is 15.5 Å². The van der Waals surface area contributed by atoms with Crippen LogP contribution < -0.4 is 10.6 Å². The third-order valence-electron chi connectivity index (χ3n) is 3.19. The van der Waals surface area contributed by atoms with Gasteiger partial charge in [-0.05, 0) is 47.0 Å². The van der Waals surface area contributed by atoms with E-state index in [2.05, 4.69) is 10.6 Å². The number of amides is 2. The van der Waals surface area contributed by atoms with Crippen molar-refractivity contribution in [3.63, 3.8) is 0 Å². The fourth-order valence-electron chi connectivity index (χ4n) is 2.09. The van der Waals surface area contributed by atoms with Crippen LogP contribution in [-0.4, -0.2) is 47.9 Å². The summed E-state index contributed by atoms with van der Waals surface area (Å²) >= 11 is 0. The Morgan fingerprint density at radius 1 is 1.16 bits per heavy atom. The molecule has 0 spiro atoms. The van der Waals surface area contributed by atoms with E-state index in [1.54, 1.807) is 6.92 Å². The summed E-state index contributed by atoms with van der Waals surface area (Å²) < 4.78 is 0. The van der Waals surface area contributed by atoms with Crippen molar-refractivity contribution in [2.24, 2.45) is 0 Å². The van der Waals surface area contributed by atoms with Crippen LogP contribution in [-0.2, 0) is 9.59 Å². The molecule has 110 valence electrons. The lowest BCUT2D eigenvalue weighted by atomic mass is 10.1. The first-order valence-corrected chi connectivity index (χ1v) is 7.13. The number of carbonyl (C=O) groups is 2. The number of nitrogens with zero attached hydrogens (tertiary/aromatic N) is 1. The summed E-state index contributed by atoms with van der Waals surface area (Å²) in [6.07, 6.45) is 3.33. The van der Waals surface area contributed by atoms with Crippen LogP contribution in [0.4, 0.5) is 0 Å². The molecule has 0 aliphatic carbocycles. The number of rotatable bonds is 4. The van der Waals surface area contributed by atoms with Gasteiger partial charge >= 0.3 is 0 Å². The maximum Gasteiger partial charge on any atom is 0.244 e. The van der Waals surface area contributed by atoms with Crippen LogP contribution in [0.15, 0.2) is 0 Å². The molecule has 1 aliphatic heterocycles. The van der Waals surface area contributed by atoms with Gasteiger partial charge in [-0.1, -0.05) is 0 Å². The highest BCUT2D eigenvalue weighted by Gasteiger charge is 2.23. The van der Waals surface area contributed by atoms with Crippen molar-refractivity contribution in [2.45, 2.75) is 58.5 Å². The molecule has 5 nitrogen and oxygen atoms in total. The average Bonchev–Trinajstić information content (AvgIpc) is 2.35. The SMILES string of the molecule is CC(NC(=O)CNC(C)(C)C)C(=O)N1CCCCC1. The van der Waals surface area contributed by atoms with E-state index in [0.717, 1.165) is 25.9 Å². The lowest BCUT2D eigenvalue weighted by Gasteiger charge is -2.29. The summed E-state index contributed by atoms with van der Waals surface area (Å²) in [6.45, 7) is 9.64. The van der Waals surface area contributed by atoms with E-state index in [1.165, 1.54) is 6.42 Å². The molecule has 5 heteroatoms. The largest absolute Gasteiger partial charge is 0.343 e. The van der Waals surface area contributed by atoms with Crippen LogP contribution in [0.1, 0.15) is 47.0 Å². The third-order valence-corrected chi connectivity index (χ3v) is 3.19. The minimum Gasteiger partial charge on any atom is -0.343 e. The van der Waals surface area contributed by atoms with Crippen molar-refractivity contribution in [3.8, 4) is 0 Å². The van der Waals surface area contributed by atoms with Gasteiger partial charge in [-0.25, -0.2) is 0 Å². The molecule has 1 heterocycles. The molecule has 19 heavy (non-hydrogen) atoms. The molecule has 1 aliphatic rings. The Kier molecular flexibility index (Phi) is 5.79. The van der Waals surface area contributed by atoms with E-state index in [1.807, 2.05) is 25.7 Å². The number of likely N-dealkylation sites (tertiary alicyclic amines) is 1. The highest BCUT2D eigenvalue weighted by atomic mass is 16.2. The molecule has 0 aromatic carbocycles. The molecule has 1 rings (SSSR count). The van der Waals surface area contributed by atoms with Crippen LogP contribution in [0.25, 0.3) is 0 Å². The standard InChI is InChI=1S/C14H27N3O2/c1-11(13(19)17-8-6-5-7-9-17)16-12(18)10-15-14(2,3)4/h11,15H,5-10H2,1-4H3,(H,16,18). The molecule has 2 N–H and O–H groups in total. The molecule has 0 radical (unpaired) electrons. The third kappa shape index (κ3) is 6.05. The number of nitrogens with one attached hydrogen (secondary N) is 2. The van der Waals surface area contributed by atoms with E-state index in [0.29, 0.717) is 0 Å². The molecule has 0 saturated carbocycles. The second-order valence-corrected chi connectivity index (χ2v) is 6.28. The molecule has 0 bridgehead atoms. The fourth-order valence-corrected chi connectivity index (χ4v) is 2.09. The van der Waals surface area contributed by atoms with Gasteiger partial charge in [0.2, 0.25) is 11.8 Å². The summed E-state index contributed by atoms with van der Waals surface area (Å²) in [5, 5.41) is 5.87. The van der Waals surface area contributed by atoms with Gasteiger partial charge in [-0.3, -0.25) is 9.59 Å². The molecule has 2 amide bonds. The maximum absolute atomic E-state index is 12.1. The van der Waals surface area contributed by atoms with Gasteiger partial charge in [-0.15, -0.1) is 0 Å². The van der Waals surface area contributed by atoms with E-state index < -0.39 is 6.04 Å². The Morgan fingerprint density at radius 3 is 2.26 bits per heavy atom. The van der Waals surface area contributed by atoms with Crippen LogP contribution in [0.2, 0.25) is 0 Å². The topological polar surface area (TPSA) is 61.4 Å². The van der Waals surface area contributed by atoms with Gasteiger partial charge in [0.15, 0.2) is 0 Å². The van der Waals surface area contributed by atoms with Crippen LogP contribution in [0.5, 0.6) is 0 Å². The summed E-state index contributed by atoms with van der Waals surface area (Å²) in [5.41, 5.74) is -0.0997. The Morgan fingerprint density at radius 2 is 1.74 bits per heavy atom. The van der Waals surface area contributed by atoms with Crippen molar-refractivity contribution < 1.29 is 9.59 Å². The first-order chi connectivity index (χ1) is 8.79. The van der Waals surface area contributed by atoms with Gasteiger partial charge in [0.05, 0.1) is 6.54 Å². The van der Waals surface area contributed by atoms with Crippen molar-refractivity contribution in [2.75, 3.05) is 19.6 Å². The molecule has 1 saturated heterocycles. The first-order valence-electron chi connectivity index (χ1n) is 7.13. The minimum absolute atomic E-state index is 0.0313. The van der Waals surface area contributed by atoms with E-state index in [9.17, 15) is 9.59 Å². The van der Waals surface area contributed by atoms with Crippen molar-refractivity contribution in [1.29, 1.82) is 0 Å². The Hall–Kier alpha value is -1.10. The smallest absolute Gasteiger partial charge is 0.244 e. The van der Waals surface area contributed by atoms with E-state index in [4.69, 9.17) is 0 Å². The lowest BCUT2D eigenvalue weighted by molar-refractivity contribution is -0.136. The summed E-state index contributed by atoms with van der Waals surface area (Å²) in [6, 6.07) is -0.438. The summed E-state index contributed by atoms with van der Waals surface area (Å²) in [4.78, 5) is 25.7. The monoisotopic (exact) mass is 269 g/mol. The van der Waals surface area contributed by atoms with Crippen molar-refractivity contribution >= 4 is 11.8 Å². The lowest BCUT2D eigenvalue weighted by Crippen LogP contribution is -2.51. The number of hydrogen-bond acceptors (Lipinski definition) is 3. The molecular weight excluding hydrogens is 242 g/mol. The maximum atomic E-state index is 12.1. The zero-order chi connectivity index (χ0) is 14.5. The second-order valence-electron chi connectivity index (χ2n) is 6.28. The van der Waals surface area contributed by atoms with E-state index >= 15 is 0 Å². The fraction of sp³-hybridized carbons (Fsp3) is 0.857. The van der Waals surface area contributed by atoms with Crippen LogP contribution in [0, 0.1) is 0 Å². The molecule has 0 aromatic heterocycles. The molecule has 1 unspecified atom stereocenters. The number of hydrogen-bond donors (Lipinski definition) is 2. The van der Waals surface area contributed by atoms with Gasteiger partial charge in [0, 0.05) is 18.6 Å². The predicted molar refractivity (Wildman–Crippen MR) is 75.8 cm³/mol. The van der Waals surface area contributed by atoms with Crippen LogP contribution >= 0.6 is 0 Å². The average molecular weight is 269 g/mol. The Bertz CT molecular complexity index is 317. The quantitative estimate of drug-likeness (QED) is 0.797. The Labute approximate surface area is 116 Å². The van der Waals surface area contributed by atoms with E-state index in [-0.39, 0.29) is 23.9 Å². The molecule has 1 atom stereocenters. The van der Waals surface area contributed by atoms with Gasteiger partial charge in [-0.2, -0.15) is 0 Å². The number of piperidine rings is 1. The summed E-state index contributed by atoms with van der Waals surface area (Å²) in [5.74, 6) is -0.100. The minimum atomic E-state index is -0.438. The molecule has 0 aromatic rings. The zero-order valence-electron chi connectivity index (χ0n) is 12.6. The highest BCUT2D eigenvalue weighted by molar-refractivity contribution is 5.88. The van der Waals surface area contributed by atoms with Crippen LogP contribution in [0.3, 0.4) is 0 Å². The second kappa shape index (κ2) is 6.89. The van der Waals surface area contributed by atoms with Gasteiger partial charge in [0.25, 0.3) is 0 Å². The number of carbonyl (C=O) groups excluding carboxylic acids is 2. The molecule has 1 fully saturated rings. The Balaban J connectivity index is 2.34.